The van der Waals surface area contributed by atoms with Gasteiger partial charge < -0.3 is 5.32 Å². The van der Waals surface area contributed by atoms with Crippen LogP contribution in [-0.4, -0.2) is 15.7 Å². The maximum atomic E-state index is 12.0. The molecule has 0 atom stereocenters. The summed E-state index contributed by atoms with van der Waals surface area (Å²) < 4.78 is 1.87. The quantitative estimate of drug-likeness (QED) is 0.871. The summed E-state index contributed by atoms with van der Waals surface area (Å²) >= 11 is 0. The van der Waals surface area contributed by atoms with E-state index >= 15 is 0 Å². The van der Waals surface area contributed by atoms with Gasteiger partial charge in [-0.3, -0.25) is 9.48 Å². The lowest BCUT2D eigenvalue weighted by molar-refractivity contribution is -0.116. The number of amides is 1. The SMILES string of the molecule is Cc1ccccc1Cn1ccc(NC(=O)CCC2CCCC2)n1. The molecule has 0 bridgehead atoms. The summed E-state index contributed by atoms with van der Waals surface area (Å²) in [6, 6.07) is 10.2. The van der Waals surface area contributed by atoms with Crippen LogP contribution in [0.2, 0.25) is 0 Å². The molecule has 0 unspecified atom stereocenters. The summed E-state index contributed by atoms with van der Waals surface area (Å²) in [7, 11) is 0. The number of aromatic nitrogens is 2. The molecule has 23 heavy (non-hydrogen) atoms. The Morgan fingerprint density at radius 1 is 1.26 bits per heavy atom. The zero-order valence-electron chi connectivity index (χ0n) is 13.8. The molecular weight excluding hydrogens is 286 g/mol. The third-order valence-electron chi connectivity index (χ3n) is 4.76. The highest BCUT2D eigenvalue weighted by Gasteiger charge is 2.16. The van der Waals surface area contributed by atoms with Gasteiger partial charge in [0.05, 0.1) is 6.54 Å². The summed E-state index contributed by atoms with van der Waals surface area (Å²) in [5.74, 6) is 1.48. The van der Waals surface area contributed by atoms with E-state index in [9.17, 15) is 4.79 Å². The maximum absolute atomic E-state index is 12.0. The van der Waals surface area contributed by atoms with Crippen LogP contribution in [0.3, 0.4) is 0 Å². The minimum Gasteiger partial charge on any atom is -0.309 e. The largest absolute Gasteiger partial charge is 0.309 e. The van der Waals surface area contributed by atoms with Crippen LogP contribution in [0.1, 0.15) is 49.7 Å². The highest BCUT2D eigenvalue weighted by atomic mass is 16.1. The Labute approximate surface area is 137 Å². The lowest BCUT2D eigenvalue weighted by Gasteiger charge is -2.08. The molecule has 3 rings (SSSR count). The monoisotopic (exact) mass is 311 g/mol. The minimum atomic E-state index is 0.0815. The molecule has 0 radical (unpaired) electrons. The van der Waals surface area contributed by atoms with Gasteiger partial charge >= 0.3 is 0 Å². The van der Waals surface area contributed by atoms with E-state index in [1.54, 1.807) is 0 Å². The van der Waals surface area contributed by atoms with Gasteiger partial charge in [-0.05, 0) is 30.4 Å². The first kappa shape index (κ1) is 15.8. The maximum Gasteiger partial charge on any atom is 0.225 e. The van der Waals surface area contributed by atoms with Crippen LogP contribution in [-0.2, 0) is 11.3 Å². The highest BCUT2D eigenvalue weighted by molar-refractivity contribution is 5.89. The number of anilines is 1. The number of rotatable bonds is 6. The molecule has 1 aliphatic carbocycles. The van der Waals surface area contributed by atoms with Crippen LogP contribution in [0, 0.1) is 12.8 Å². The predicted octanol–water partition coefficient (Wildman–Crippen LogP) is 4.15. The summed E-state index contributed by atoms with van der Waals surface area (Å²) in [5, 5.41) is 7.37. The number of hydrogen-bond donors (Lipinski definition) is 1. The van der Waals surface area contributed by atoms with Gasteiger partial charge in [0.25, 0.3) is 0 Å². The Morgan fingerprint density at radius 3 is 2.83 bits per heavy atom. The third-order valence-corrected chi connectivity index (χ3v) is 4.76. The molecule has 0 aliphatic heterocycles. The first-order valence-corrected chi connectivity index (χ1v) is 8.58. The average Bonchev–Trinajstić information content (AvgIpc) is 3.19. The van der Waals surface area contributed by atoms with Gasteiger partial charge in [-0.2, -0.15) is 5.10 Å². The van der Waals surface area contributed by atoms with E-state index in [0.717, 1.165) is 18.9 Å². The van der Waals surface area contributed by atoms with Crippen LogP contribution >= 0.6 is 0 Å². The number of carbonyl (C=O) groups excluding carboxylic acids is 1. The van der Waals surface area contributed by atoms with Crippen molar-refractivity contribution in [3.63, 3.8) is 0 Å². The van der Waals surface area contributed by atoms with Gasteiger partial charge in [-0.1, -0.05) is 49.9 Å². The lowest BCUT2D eigenvalue weighted by atomic mass is 10.0. The molecule has 1 aromatic heterocycles. The van der Waals surface area contributed by atoms with Crippen molar-refractivity contribution < 1.29 is 4.79 Å². The van der Waals surface area contributed by atoms with Gasteiger partial charge in [0.2, 0.25) is 5.91 Å². The normalized spacial score (nSPS) is 15.0. The smallest absolute Gasteiger partial charge is 0.225 e. The Bertz CT molecular complexity index is 656. The first-order valence-electron chi connectivity index (χ1n) is 8.58. The summed E-state index contributed by atoms with van der Waals surface area (Å²) in [4.78, 5) is 12.0. The molecule has 1 saturated carbocycles. The van der Waals surface area contributed by atoms with Gasteiger partial charge in [-0.25, -0.2) is 0 Å². The molecule has 1 aromatic carbocycles. The molecule has 1 aliphatic rings. The van der Waals surface area contributed by atoms with E-state index in [0.29, 0.717) is 12.2 Å². The van der Waals surface area contributed by atoms with Crippen LogP contribution in [0.5, 0.6) is 0 Å². The van der Waals surface area contributed by atoms with E-state index in [4.69, 9.17) is 0 Å². The van der Waals surface area contributed by atoms with Crippen LogP contribution in [0.4, 0.5) is 5.82 Å². The Balaban J connectivity index is 1.50. The number of aryl methyl sites for hydroxylation is 1. The van der Waals surface area contributed by atoms with Crippen molar-refractivity contribution in [2.45, 2.75) is 52.0 Å². The number of hydrogen-bond acceptors (Lipinski definition) is 2. The Hall–Kier alpha value is -2.10. The zero-order chi connectivity index (χ0) is 16.1. The van der Waals surface area contributed by atoms with Gasteiger partial charge in [0.1, 0.15) is 0 Å². The molecule has 1 amide bonds. The fourth-order valence-corrected chi connectivity index (χ4v) is 3.32. The van der Waals surface area contributed by atoms with E-state index in [2.05, 4.69) is 29.5 Å². The predicted molar refractivity (Wildman–Crippen MR) is 92.3 cm³/mol. The molecule has 2 aromatic rings. The summed E-state index contributed by atoms with van der Waals surface area (Å²) in [6.07, 6.45) is 8.77. The lowest BCUT2D eigenvalue weighted by Crippen LogP contribution is -2.13. The zero-order valence-corrected chi connectivity index (χ0v) is 13.8. The van der Waals surface area contributed by atoms with E-state index in [1.165, 1.54) is 36.8 Å². The van der Waals surface area contributed by atoms with Crippen molar-refractivity contribution in [3.05, 3.63) is 47.7 Å². The van der Waals surface area contributed by atoms with Gasteiger partial charge in [0.15, 0.2) is 5.82 Å². The second-order valence-corrected chi connectivity index (χ2v) is 6.56. The fraction of sp³-hybridized carbons (Fsp3) is 0.474. The molecule has 0 spiro atoms. The van der Waals surface area contributed by atoms with Crippen molar-refractivity contribution in [1.29, 1.82) is 0 Å². The third kappa shape index (κ3) is 4.44. The molecule has 1 N–H and O–H groups in total. The van der Waals surface area contributed by atoms with Gasteiger partial charge in [-0.15, -0.1) is 0 Å². The van der Waals surface area contributed by atoms with Crippen molar-refractivity contribution in [1.82, 2.24) is 9.78 Å². The molecule has 1 fully saturated rings. The Morgan fingerprint density at radius 2 is 2.04 bits per heavy atom. The topological polar surface area (TPSA) is 46.9 Å². The molecule has 4 nitrogen and oxygen atoms in total. The van der Waals surface area contributed by atoms with Crippen LogP contribution in [0.25, 0.3) is 0 Å². The average molecular weight is 311 g/mol. The molecule has 1 heterocycles. The molecule has 0 saturated heterocycles. The first-order chi connectivity index (χ1) is 11.2. The summed E-state index contributed by atoms with van der Waals surface area (Å²) in [6.45, 7) is 2.83. The van der Waals surface area contributed by atoms with Crippen molar-refractivity contribution in [3.8, 4) is 0 Å². The standard InChI is InChI=1S/C19H25N3O/c1-15-6-2-5-9-17(15)14-22-13-12-18(21-22)20-19(23)11-10-16-7-3-4-8-16/h2,5-6,9,12-13,16H,3-4,7-8,10-11,14H2,1H3,(H,20,21,23). The van der Waals surface area contributed by atoms with E-state index in [-0.39, 0.29) is 5.91 Å². The highest BCUT2D eigenvalue weighted by Crippen LogP contribution is 2.28. The van der Waals surface area contributed by atoms with E-state index in [1.807, 2.05) is 29.1 Å². The van der Waals surface area contributed by atoms with Crippen LogP contribution in [0.15, 0.2) is 36.5 Å². The van der Waals surface area contributed by atoms with Crippen molar-refractivity contribution >= 4 is 11.7 Å². The molecule has 122 valence electrons. The van der Waals surface area contributed by atoms with Gasteiger partial charge in [0, 0.05) is 18.7 Å². The fourth-order valence-electron chi connectivity index (χ4n) is 3.32. The van der Waals surface area contributed by atoms with Crippen molar-refractivity contribution in [2.24, 2.45) is 5.92 Å². The number of carbonyl (C=O) groups is 1. The molecular formula is C19H25N3O. The number of nitrogens with one attached hydrogen (secondary N) is 1. The molecule has 4 heteroatoms. The second-order valence-electron chi connectivity index (χ2n) is 6.56. The second kappa shape index (κ2) is 7.44. The Kier molecular flexibility index (Phi) is 5.11. The number of nitrogens with zero attached hydrogens (tertiary/aromatic N) is 2. The minimum absolute atomic E-state index is 0.0815. The summed E-state index contributed by atoms with van der Waals surface area (Å²) in [5.41, 5.74) is 2.50. The van der Waals surface area contributed by atoms with Crippen LogP contribution < -0.4 is 5.32 Å². The van der Waals surface area contributed by atoms with E-state index < -0.39 is 0 Å². The van der Waals surface area contributed by atoms with Crippen molar-refractivity contribution in [2.75, 3.05) is 5.32 Å². The number of benzene rings is 1.